The van der Waals surface area contributed by atoms with Gasteiger partial charge in [-0.2, -0.15) is 13.2 Å². The molecule has 156 valence electrons. The van der Waals surface area contributed by atoms with Gasteiger partial charge in [-0.3, -0.25) is 4.79 Å². The third kappa shape index (κ3) is 4.66. The SMILES string of the molecule is CCOC(=O)[C@](O)(c1ccc(NC(=O)c2ccc(Cl)c(Cl)c2)c(C)c1)C(F)(F)F. The summed E-state index contributed by atoms with van der Waals surface area (Å²) in [5, 5.41) is 13.1. The molecule has 2 N–H and O–H groups in total. The lowest BCUT2D eigenvalue weighted by atomic mass is 9.91. The lowest BCUT2D eigenvalue weighted by Gasteiger charge is -2.29. The van der Waals surface area contributed by atoms with Gasteiger partial charge in [0.05, 0.1) is 16.7 Å². The molecular formula is C19H16Cl2F3NO4. The van der Waals surface area contributed by atoms with Crippen LogP contribution in [0, 0.1) is 6.92 Å². The van der Waals surface area contributed by atoms with Crippen LogP contribution in [0.1, 0.15) is 28.4 Å². The summed E-state index contributed by atoms with van der Waals surface area (Å²) in [6, 6.07) is 7.19. The Kier molecular flexibility index (Phi) is 6.82. The zero-order valence-electron chi connectivity index (χ0n) is 15.2. The van der Waals surface area contributed by atoms with Crippen molar-refractivity contribution in [3.8, 4) is 0 Å². The highest BCUT2D eigenvalue weighted by Crippen LogP contribution is 2.41. The maximum Gasteiger partial charge on any atom is 0.432 e. The van der Waals surface area contributed by atoms with Crippen molar-refractivity contribution in [1.82, 2.24) is 0 Å². The molecule has 0 radical (unpaired) electrons. The number of benzene rings is 2. The van der Waals surface area contributed by atoms with Crippen molar-refractivity contribution in [1.29, 1.82) is 0 Å². The molecule has 0 aliphatic rings. The number of esters is 1. The Labute approximate surface area is 174 Å². The zero-order valence-corrected chi connectivity index (χ0v) is 16.7. The van der Waals surface area contributed by atoms with Gasteiger partial charge < -0.3 is 15.2 Å². The number of rotatable bonds is 5. The highest BCUT2D eigenvalue weighted by molar-refractivity contribution is 6.42. The number of aryl methyl sites for hydroxylation is 1. The summed E-state index contributed by atoms with van der Waals surface area (Å²) >= 11 is 11.7. The van der Waals surface area contributed by atoms with E-state index in [1.54, 1.807) is 0 Å². The number of hydrogen-bond acceptors (Lipinski definition) is 4. The fourth-order valence-corrected chi connectivity index (χ4v) is 2.79. The van der Waals surface area contributed by atoms with Gasteiger partial charge in [-0.1, -0.05) is 35.3 Å². The standard InChI is InChI=1S/C19H16Cl2F3NO4/c1-3-29-17(27)18(28,19(22,23)24)12-5-7-15(10(2)8-12)25-16(26)11-4-6-13(20)14(21)9-11/h4-9,28H,3H2,1-2H3,(H,25,26)/t18-/m1/s1. The molecule has 0 saturated carbocycles. The van der Waals surface area contributed by atoms with E-state index in [2.05, 4.69) is 10.1 Å². The van der Waals surface area contributed by atoms with Crippen LogP contribution in [0.15, 0.2) is 36.4 Å². The number of anilines is 1. The molecule has 0 aliphatic heterocycles. The first-order valence-corrected chi connectivity index (χ1v) is 9.01. The molecule has 29 heavy (non-hydrogen) atoms. The molecule has 0 heterocycles. The monoisotopic (exact) mass is 449 g/mol. The van der Waals surface area contributed by atoms with Crippen LogP contribution in [0.2, 0.25) is 10.0 Å². The number of aliphatic hydroxyl groups is 1. The summed E-state index contributed by atoms with van der Waals surface area (Å²) in [6.45, 7) is 2.39. The molecule has 5 nitrogen and oxygen atoms in total. The second-order valence-electron chi connectivity index (χ2n) is 6.04. The first-order chi connectivity index (χ1) is 13.4. The van der Waals surface area contributed by atoms with Crippen molar-refractivity contribution in [2.45, 2.75) is 25.6 Å². The molecule has 0 aromatic heterocycles. The summed E-state index contributed by atoms with van der Waals surface area (Å²) in [5.41, 5.74) is -4.02. The number of nitrogens with one attached hydrogen (secondary N) is 1. The van der Waals surface area contributed by atoms with Gasteiger partial charge in [-0.15, -0.1) is 0 Å². The van der Waals surface area contributed by atoms with E-state index < -0.39 is 29.2 Å². The van der Waals surface area contributed by atoms with Gasteiger partial charge >= 0.3 is 12.1 Å². The van der Waals surface area contributed by atoms with Crippen molar-refractivity contribution in [2.75, 3.05) is 11.9 Å². The quantitative estimate of drug-likeness (QED) is 0.638. The smallest absolute Gasteiger partial charge is 0.432 e. The van der Waals surface area contributed by atoms with Gasteiger partial charge in [0.15, 0.2) is 0 Å². The van der Waals surface area contributed by atoms with Crippen molar-refractivity contribution < 1.29 is 32.6 Å². The Morgan fingerprint density at radius 2 is 1.76 bits per heavy atom. The average molecular weight is 450 g/mol. The predicted octanol–water partition coefficient (Wildman–Crippen LogP) is 4.87. The molecule has 1 amide bonds. The van der Waals surface area contributed by atoms with E-state index in [1.165, 1.54) is 32.0 Å². The van der Waals surface area contributed by atoms with Crippen LogP contribution in [0.5, 0.6) is 0 Å². The molecule has 2 aromatic carbocycles. The summed E-state index contributed by atoms with van der Waals surface area (Å²) in [5.74, 6) is -2.41. The van der Waals surface area contributed by atoms with E-state index in [0.29, 0.717) is 0 Å². The number of ether oxygens (including phenoxy) is 1. The Bertz CT molecular complexity index is 950. The van der Waals surface area contributed by atoms with Gasteiger partial charge in [-0.05, 0) is 43.7 Å². The van der Waals surface area contributed by atoms with Gasteiger partial charge in [0, 0.05) is 16.8 Å². The zero-order chi connectivity index (χ0) is 22.0. The molecule has 0 saturated heterocycles. The number of amides is 1. The van der Waals surface area contributed by atoms with Crippen LogP contribution < -0.4 is 5.32 Å². The topological polar surface area (TPSA) is 75.6 Å². The number of hydrogen-bond donors (Lipinski definition) is 2. The van der Waals surface area contributed by atoms with Crippen LogP contribution in [0.4, 0.5) is 18.9 Å². The van der Waals surface area contributed by atoms with Crippen LogP contribution in [-0.4, -0.2) is 29.8 Å². The van der Waals surface area contributed by atoms with Crippen LogP contribution >= 0.6 is 23.2 Å². The summed E-state index contributed by atoms with van der Waals surface area (Å²) in [6.07, 6.45) is -5.31. The highest BCUT2D eigenvalue weighted by atomic mass is 35.5. The largest absolute Gasteiger partial charge is 0.463 e. The van der Waals surface area contributed by atoms with E-state index >= 15 is 0 Å². The minimum absolute atomic E-state index is 0.163. The first kappa shape index (κ1) is 23.0. The number of halogens is 5. The number of carbonyl (C=O) groups excluding carboxylic acids is 2. The van der Waals surface area contributed by atoms with Crippen LogP contribution in [-0.2, 0) is 15.1 Å². The van der Waals surface area contributed by atoms with Crippen LogP contribution in [0.25, 0.3) is 0 Å². The second kappa shape index (κ2) is 8.61. The summed E-state index contributed by atoms with van der Waals surface area (Å²) in [7, 11) is 0. The number of carbonyl (C=O) groups is 2. The molecule has 0 bridgehead atoms. The van der Waals surface area contributed by atoms with Gasteiger partial charge in [0.1, 0.15) is 0 Å². The molecule has 2 aromatic rings. The summed E-state index contributed by atoms with van der Waals surface area (Å²) in [4.78, 5) is 24.2. The Morgan fingerprint density at radius 1 is 1.10 bits per heavy atom. The molecule has 10 heteroatoms. The molecular weight excluding hydrogens is 434 g/mol. The third-order valence-corrected chi connectivity index (χ3v) is 4.79. The van der Waals surface area contributed by atoms with Gasteiger partial charge in [-0.25, -0.2) is 4.79 Å². The highest BCUT2D eigenvalue weighted by Gasteiger charge is 2.62. The molecule has 0 spiro atoms. The fourth-order valence-electron chi connectivity index (χ4n) is 2.49. The molecule has 1 atom stereocenters. The molecule has 2 rings (SSSR count). The van der Waals surface area contributed by atoms with Crippen molar-refractivity contribution in [2.24, 2.45) is 0 Å². The van der Waals surface area contributed by atoms with E-state index in [1.807, 2.05) is 0 Å². The fraction of sp³-hybridized carbons (Fsp3) is 0.263. The van der Waals surface area contributed by atoms with Crippen molar-refractivity contribution in [3.05, 3.63) is 63.1 Å². The van der Waals surface area contributed by atoms with E-state index in [4.69, 9.17) is 23.2 Å². The molecule has 0 fully saturated rings. The average Bonchev–Trinajstić information content (AvgIpc) is 2.64. The van der Waals surface area contributed by atoms with Crippen molar-refractivity contribution >= 4 is 40.8 Å². The Hall–Kier alpha value is -2.29. The number of alkyl halides is 3. The van der Waals surface area contributed by atoms with E-state index in [9.17, 15) is 27.9 Å². The normalized spacial score (nSPS) is 13.5. The van der Waals surface area contributed by atoms with E-state index in [-0.39, 0.29) is 33.5 Å². The minimum atomic E-state index is -5.31. The van der Waals surface area contributed by atoms with Crippen molar-refractivity contribution in [3.63, 3.8) is 0 Å². The Balaban J connectivity index is 2.36. The Morgan fingerprint density at radius 3 is 2.28 bits per heavy atom. The van der Waals surface area contributed by atoms with E-state index in [0.717, 1.165) is 18.2 Å². The van der Waals surface area contributed by atoms with Gasteiger partial charge in [0.2, 0.25) is 0 Å². The predicted molar refractivity (Wildman–Crippen MR) is 102 cm³/mol. The lowest BCUT2D eigenvalue weighted by molar-refractivity contribution is -0.267. The lowest BCUT2D eigenvalue weighted by Crippen LogP contribution is -2.50. The second-order valence-corrected chi connectivity index (χ2v) is 6.86. The maximum atomic E-state index is 13.5. The molecule has 0 aliphatic carbocycles. The molecule has 0 unspecified atom stereocenters. The maximum absolute atomic E-state index is 13.5. The van der Waals surface area contributed by atoms with Crippen LogP contribution in [0.3, 0.4) is 0 Å². The van der Waals surface area contributed by atoms with Gasteiger partial charge in [0.25, 0.3) is 11.5 Å². The first-order valence-electron chi connectivity index (χ1n) is 8.25. The third-order valence-electron chi connectivity index (χ3n) is 4.06. The summed E-state index contributed by atoms with van der Waals surface area (Å²) < 4.78 is 44.8. The minimum Gasteiger partial charge on any atom is -0.463 e.